The molecule has 0 aliphatic heterocycles. The van der Waals surface area contributed by atoms with Gasteiger partial charge in [0.25, 0.3) is 0 Å². The van der Waals surface area contributed by atoms with Gasteiger partial charge in [0.15, 0.2) is 0 Å². The monoisotopic (exact) mass is 267 g/mol. The molecule has 0 aromatic heterocycles. The SMILES string of the molecule is NC(Cc1ccccc1F)c1ccc(F)cc1Cl. The summed E-state index contributed by atoms with van der Waals surface area (Å²) in [6, 6.07) is 9.99. The van der Waals surface area contributed by atoms with Crippen LogP contribution >= 0.6 is 11.6 Å². The van der Waals surface area contributed by atoms with Crippen LogP contribution in [0.5, 0.6) is 0 Å². The van der Waals surface area contributed by atoms with Gasteiger partial charge < -0.3 is 5.73 Å². The number of benzene rings is 2. The summed E-state index contributed by atoms with van der Waals surface area (Å²) in [6.45, 7) is 0. The van der Waals surface area contributed by atoms with Crippen molar-refractivity contribution >= 4 is 11.6 Å². The predicted octanol–water partition coefficient (Wildman–Crippen LogP) is 3.86. The zero-order valence-corrected chi connectivity index (χ0v) is 10.3. The van der Waals surface area contributed by atoms with Gasteiger partial charge in [0.05, 0.1) is 0 Å². The van der Waals surface area contributed by atoms with E-state index in [4.69, 9.17) is 17.3 Å². The number of hydrogen-bond donors (Lipinski definition) is 1. The fourth-order valence-corrected chi connectivity index (χ4v) is 2.12. The first-order valence-corrected chi connectivity index (χ1v) is 5.89. The minimum absolute atomic E-state index is 0.263. The molecule has 2 rings (SSSR count). The Balaban J connectivity index is 2.22. The Bertz CT molecular complexity index is 557. The molecule has 0 aliphatic carbocycles. The van der Waals surface area contributed by atoms with Crippen molar-refractivity contribution in [3.8, 4) is 0 Å². The Kier molecular flexibility index (Phi) is 3.94. The Morgan fingerprint density at radius 2 is 1.83 bits per heavy atom. The van der Waals surface area contributed by atoms with E-state index in [1.807, 2.05) is 0 Å². The molecule has 1 atom stereocenters. The van der Waals surface area contributed by atoms with Crippen molar-refractivity contribution in [3.63, 3.8) is 0 Å². The molecule has 0 radical (unpaired) electrons. The maximum Gasteiger partial charge on any atom is 0.126 e. The number of hydrogen-bond acceptors (Lipinski definition) is 1. The van der Waals surface area contributed by atoms with Gasteiger partial charge in [0, 0.05) is 11.1 Å². The molecule has 0 amide bonds. The second-order valence-corrected chi connectivity index (χ2v) is 4.48. The van der Waals surface area contributed by atoms with Gasteiger partial charge in [-0.2, -0.15) is 0 Å². The summed E-state index contributed by atoms with van der Waals surface area (Å²) in [5.41, 5.74) is 7.10. The lowest BCUT2D eigenvalue weighted by Crippen LogP contribution is -2.14. The largest absolute Gasteiger partial charge is 0.324 e. The van der Waals surface area contributed by atoms with Crippen LogP contribution in [0.25, 0.3) is 0 Å². The second kappa shape index (κ2) is 5.46. The van der Waals surface area contributed by atoms with Gasteiger partial charge in [-0.25, -0.2) is 8.78 Å². The average molecular weight is 268 g/mol. The predicted molar refractivity (Wildman–Crippen MR) is 68.4 cm³/mol. The molecule has 0 heterocycles. The smallest absolute Gasteiger partial charge is 0.126 e. The summed E-state index contributed by atoms with van der Waals surface area (Å²) < 4.78 is 26.4. The summed E-state index contributed by atoms with van der Waals surface area (Å²) in [5, 5.41) is 0.263. The minimum atomic E-state index is -0.463. The molecule has 0 bridgehead atoms. The van der Waals surface area contributed by atoms with Gasteiger partial charge in [-0.1, -0.05) is 35.9 Å². The van der Waals surface area contributed by atoms with E-state index in [9.17, 15) is 8.78 Å². The number of halogens is 3. The van der Waals surface area contributed by atoms with Crippen LogP contribution in [0.3, 0.4) is 0 Å². The van der Waals surface area contributed by atoms with Crippen LogP contribution in [-0.4, -0.2) is 0 Å². The van der Waals surface area contributed by atoms with Crippen molar-refractivity contribution in [3.05, 3.63) is 70.2 Å². The zero-order valence-electron chi connectivity index (χ0n) is 9.54. The van der Waals surface area contributed by atoms with Crippen molar-refractivity contribution in [2.24, 2.45) is 5.73 Å². The van der Waals surface area contributed by atoms with Gasteiger partial charge in [0.1, 0.15) is 11.6 Å². The molecule has 0 spiro atoms. The lowest BCUT2D eigenvalue weighted by Gasteiger charge is -2.14. The maximum atomic E-state index is 13.5. The van der Waals surface area contributed by atoms with E-state index in [1.165, 1.54) is 24.3 Å². The van der Waals surface area contributed by atoms with E-state index < -0.39 is 11.9 Å². The highest BCUT2D eigenvalue weighted by Gasteiger charge is 2.13. The fourth-order valence-electron chi connectivity index (χ4n) is 1.81. The molecule has 0 fully saturated rings. The molecule has 0 saturated carbocycles. The van der Waals surface area contributed by atoms with E-state index in [1.54, 1.807) is 18.2 Å². The molecule has 0 saturated heterocycles. The van der Waals surface area contributed by atoms with Crippen molar-refractivity contribution in [1.82, 2.24) is 0 Å². The molecule has 18 heavy (non-hydrogen) atoms. The van der Waals surface area contributed by atoms with E-state index in [-0.39, 0.29) is 10.8 Å². The Labute approximate surface area is 109 Å². The van der Waals surface area contributed by atoms with Crippen LogP contribution in [0.1, 0.15) is 17.2 Å². The van der Waals surface area contributed by atoms with Crippen molar-refractivity contribution in [1.29, 1.82) is 0 Å². The first-order chi connectivity index (χ1) is 8.58. The highest BCUT2D eigenvalue weighted by atomic mass is 35.5. The maximum absolute atomic E-state index is 13.5. The average Bonchev–Trinajstić information content (AvgIpc) is 2.32. The van der Waals surface area contributed by atoms with Crippen LogP contribution in [0.2, 0.25) is 5.02 Å². The third kappa shape index (κ3) is 2.86. The van der Waals surface area contributed by atoms with Gasteiger partial charge in [0.2, 0.25) is 0 Å². The fraction of sp³-hybridized carbons (Fsp3) is 0.143. The first-order valence-electron chi connectivity index (χ1n) is 5.52. The van der Waals surface area contributed by atoms with Gasteiger partial charge >= 0.3 is 0 Å². The highest BCUT2D eigenvalue weighted by Crippen LogP contribution is 2.25. The number of nitrogens with two attached hydrogens (primary N) is 1. The Hall–Kier alpha value is -1.45. The Morgan fingerprint density at radius 3 is 2.50 bits per heavy atom. The highest BCUT2D eigenvalue weighted by molar-refractivity contribution is 6.31. The van der Waals surface area contributed by atoms with E-state index >= 15 is 0 Å². The summed E-state index contributed by atoms with van der Waals surface area (Å²) in [5.74, 6) is -0.715. The lowest BCUT2D eigenvalue weighted by molar-refractivity contribution is 0.592. The van der Waals surface area contributed by atoms with Gasteiger partial charge in [-0.05, 0) is 35.7 Å². The molecule has 2 N–H and O–H groups in total. The molecular formula is C14H12ClF2N. The van der Waals surface area contributed by atoms with E-state index in [0.29, 0.717) is 17.5 Å². The molecule has 2 aromatic carbocycles. The summed E-state index contributed by atoms with van der Waals surface area (Å²) >= 11 is 5.92. The number of rotatable bonds is 3. The van der Waals surface area contributed by atoms with Crippen LogP contribution in [0, 0.1) is 11.6 Å². The van der Waals surface area contributed by atoms with Crippen molar-refractivity contribution in [2.45, 2.75) is 12.5 Å². The van der Waals surface area contributed by atoms with Gasteiger partial charge in [-0.3, -0.25) is 0 Å². The normalized spacial score (nSPS) is 12.4. The van der Waals surface area contributed by atoms with Crippen LogP contribution < -0.4 is 5.73 Å². The van der Waals surface area contributed by atoms with Crippen LogP contribution in [0.15, 0.2) is 42.5 Å². The molecule has 1 unspecified atom stereocenters. The molecule has 94 valence electrons. The molecule has 2 aromatic rings. The Morgan fingerprint density at radius 1 is 1.11 bits per heavy atom. The summed E-state index contributed by atoms with van der Waals surface area (Å²) in [4.78, 5) is 0. The van der Waals surface area contributed by atoms with E-state index in [0.717, 1.165) is 0 Å². The molecule has 0 aliphatic rings. The first kappa shape index (κ1) is 13.0. The topological polar surface area (TPSA) is 26.0 Å². The lowest BCUT2D eigenvalue weighted by atomic mass is 9.99. The van der Waals surface area contributed by atoms with Crippen molar-refractivity contribution < 1.29 is 8.78 Å². The third-order valence-electron chi connectivity index (χ3n) is 2.76. The zero-order chi connectivity index (χ0) is 13.1. The van der Waals surface area contributed by atoms with Crippen LogP contribution in [0.4, 0.5) is 8.78 Å². The molecule has 4 heteroatoms. The third-order valence-corrected chi connectivity index (χ3v) is 3.09. The molecule has 1 nitrogen and oxygen atoms in total. The van der Waals surface area contributed by atoms with Crippen molar-refractivity contribution in [2.75, 3.05) is 0 Å². The van der Waals surface area contributed by atoms with Crippen LogP contribution in [-0.2, 0) is 6.42 Å². The van der Waals surface area contributed by atoms with E-state index in [2.05, 4.69) is 0 Å². The minimum Gasteiger partial charge on any atom is -0.324 e. The summed E-state index contributed by atoms with van der Waals surface area (Å²) in [7, 11) is 0. The standard InChI is InChI=1S/C14H12ClF2N/c15-12-8-10(16)5-6-11(12)14(18)7-9-3-1-2-4-13(9)17/h1-6,8,14H,7,18H2. The quantitative estimate of drug-likeness (QED) is 0.898. The summed E-state index contributed by atoms with van der Waals surface area (Å²) in [6.07, 6.45) is 0.317. The molecular weight excluding hydrogens is 256 g/mol. The second-order valence-electron chi connectivity index (χ2n) is 4.07. The van der Waals surface area contributed by atoms with Gasteiger partial charge in [-0.15, -0.1) is 0 Å².